The minimum Gasteiger partial charge on any atom is -0.395 e. The molecule has 9 heteroatoms. The number of nitrogens with one attached hydrogen (secondary N) is 1. The Bertz CT molecular complexity index is 1050. The van der Waals surface area contributed by atoms with Crippen LogP contribution in [-0.2, 0) is 4.79 Å². The molecule has 0 aliphatic carbocycles. The van der Waals surface area contributed by atoms with E-state index in [1.807, 2.05) is 53.6 Å². The molecule has 1 fully saturated rings. The average molecular weight is 438 g/mol. The molecule has 0 bridgehead atoms. The highest BCUT2D eigenvalue weighted by atomic mass is 16.3. The van der Waals surface area contributed by atoms with Crippen LogP contribution in [0.2, 0.25) is 0 Å². The molecule has 3 heterocycles. The van der Waals surface area contributed by atoms with Gasteiger partial charge in [0.05, 0.1) is 12.5 Å². The van der Waals surface area contributed by atoms with Crippen LogP contribution in [0.5, 0.6) is 0 Å². The zero-order valence-electron chi connectivity index (χ0n) is 18.7. The molecule has 1 aliphatic rings. The number of aliphatic hydroxyl groups excluding tert-OH is 1. The Morgan fingerprint density at radius 1 is 1.22 bits per heavy atom. The number of imidazole rings is 1. The van der Waals surface area contributed by atoms with Crippen LogP contribution in [0.4, 0.5) is 11.8 Å². The maximum Gasteiger partial charge on any atom is 0.229 e. The zero-order chi connectivity index (χ0) is 22.5. The van der Waals surface area contributed by atoms with E-state index in [0.29, 0.717) is 36.0 Å². The number of fused-ring (bicyclic) bond motifs is 1. The predicted octanol–water partition coefficient (Wildman–Crippen LogP) is 2.30. The number of carbonyl (C=O) groups is 1. The fraction of sp³-hybridized carbons (Fsp3) is 0.478. The maximum absolute atomic E-state index is 13.0. The Labute approximate surface area is 188 Å². The molecule has 1 unspecified atom stereocenters. The van der Waals surface area contributed by atoms with E-state index < -0.39 is 0 Å². The first-order chi connectivity index (χ1) is 15.7. The van der Waals surface area contributed by atoms with E-state index >= 15 is 0 Å². The molecule has 170 valence electrons. The molecule has 3 aromatic rings. The van der Waals surface area contributed by atoms with Crippen molar-refractivity contribution >= 4 is 28.8 Å². The van der Waals surface area contributed by atoms with Crippen molar-refractivity contribution in [1.29, 1.82) is 0 Å². The summed E-state index contributed by atoms with van der Waals surface area (Å²) in [6, 6.07) is 9.93. The van der Waals surface area contributed by atoms with Crippen LogP contribution in [0, 0.1) is 5.92 Å². The highest BCUT2D eigenvalue weighted by Crippen LogP contribution is 2.28. The van der Waals surface area contributed by atoms with Gasteiger partial charge in [0.15, 0.2) is 17.0 Å². The van der Waals surface area contributed by atoms with Gasteiger partial charge >= 0.3 is 0 Å². The summed E-state index contributed by atoms with van der Waals surface area (Å²) >= 11 is 0. The van der Waals surface area contributed by atoms with Gasteiger partial charge in [0.1, 0.15) is 6.33 Å². The Morgan fingerprint density at radius 3 is 2.72 bits per heavy atom. The highest BCUT2D eigenvalue weighted by Gasteiger charge is 2.30. The van der Waals surface area contributed by atoms with Gasteiger partial charge in [0, 0.05) is 38.4 Å². The van der Waals surface area contributed by atoms with Crippen LogP contribution in [0.25, 0.3) is 16.9 Å². The van der Waals surface area contributed by atoms with Crippen molar-refractivity contribution in [2.75, 3.05) is 49.5 Å². The van der Waals surface area contributed by atoms with Crippen molar-refractivity contribution in [3.63, 3.8) is 0 Å². The standard InChI is InChI=1S/C23H31N7O2/c1-3-28(4-2)22(32)17-9-8-13-29(15-17)23-26-20(24-12-14-31)19-21(27-23)30(16-25-19)18-10-6-5-7-11-18/h5-7,10-11,16-17,31H,3-4,8-9,12-15H2,1-2H3,(H,24,26,27). The fourth-order valence-electron chi connectivity index (χ4n) is 4.26. The number of anilines is 2. The predicted molar refractivity (Wildman–Crippen MR) is 125 cm³/mol. The number of amides is 1. The third kappa shape index (κ3) is 4.38. The molecule has 4 rings (SSSR count). The number of aromatic nitrogens is 4. The lowest BCUT2D eigenvalue weighted by atomic mass is 9.96. The third-order valence-electron chi connectivity index (χ3n) is 5.95. The summed E-state index contributed by atoms with van der Waals surface area (Å²) < 4.78 is 1.94. The topological polar surface area (TPSA) is 99.4 Å². The molecule has 1 aliphatic heterocycles. The molecular formula is C23H31N7O2. The number of aliphatic hydroxyl groups is 1. The van der Waals surface area contributed by atoms with Gasteiger partial charge in [-0.15, -0.1) is 0 Å². The quantitative estimate of drug-likeness (QED) is 0.558. The molecule has 1 aromatic carbocycles. The second-order valence-corrected chi connectivity index (χ2v) is 7.94. The van der Waals surface area contributed by atoms with E-state index in [9.17, 15) is 9.90 Å². The Hall–Kier alpha value is -3.20. The van der Waals surface area contributed by atoms with E-state index in [4.69, 9.17) is 9.97 Å². The second kappa shape index (κ2) is 9.95. The van der Waals surface area contributed by atoms with Crippen LogP contribution >= 0.6 is 0 Å². The number of hydrogen-bond donors (Lipinski definition) is 2. The number of carbonyl (C=O) groups excluding carboxylic acids is 1. The maximum atomic E-state index is 13.0. The Balaban J connectivity index is 1.70. The highest BCUT2D eigenvalue weighted by molar-refractivity contribution is 5.86. The minimum absolute atomic E-state index is 0.00954. The first kappa shape index (κ1) is 22.0. The summed E-state index contributed by atoms with van der Waals surface area (Å²) in [5, 5.41) is 12.5. The number of hydrogen-bond acceptors (Lipinski definition) is 7. The summed E-state index contributed by atoms with van der Waals surface area (Å²) in [5.41, 5.74) is 2.30. The van der Waals surface area contributed by atoms with Crippen molar-refractivity contribution in [2.45, 2.75) is 26.7 Å². The van der Waals surface area contributed by atoms with Gasteiger partial charge in [0.25, 0.3) is 0 Å². The van der Waals surface area contributed by atoms with Crippen molar-refractivity contribution in [3.8, 4) is 5.69 Å². The molecule has 1 saturated heterocycles. The van der Waals surface area contributed by atoms with Gasteiger partial charge < -0.3 is 20.2 Å². The molecule has 0 spiro atoms. The van der Waals surface area contributed by atoms with Crippen molar-refractivity contribution in [2.24, 2.45) is 5.92 Å². The third-order valence-corrected chi connectivity index (χ3v) is 5.95. The monoisotopic (exact) mass is 437 g/mol. The van der Waals surface area contributed by atoms with Crippen LogP contribution in [0.1, 0.15) is 26.7 Å². The number of nitrogens with zero attached hydrogens (tertiary/aromatic N) is 6. The van der Waals surface area contributed by atoms with Gasteiger partial charge in [-0.1, -0.05) is 18.2 Å². The van der Waals surface area contributed by atoms with Gasteiger partial charge in [0.2, 0.25) is 11.9 Å². The normalized spacial score (nSPS) is 16.3. The van der Waals surface area contributed by atoms with Crippen molar-refractivity contribution < 1.29 is 9.90 Å². The van der Waals surface area contributed by atoms with Crippen molar-refractivity contribution in [1.82, 2.24) is 24.4 Å². The molecule has 2 N–H and O–H groups in total. The largest absolute Gasteiger partial charge is 0.395 e. The summed E-state index contributed by atoms with van der Waals surface area (Å²) in [7, 11) is 0. The molecule has 0 radical (unpaired) electrons. The summed E-state index contributed by atoms with van der Waals surface area (Å²) in [4.78, 5) is 31.1. The Morgan fingerprint density at radius 2 is 2.00 bits per heavy atom. The first-order valence-electron chi connectivity index (χ1n) is 11.3. The number of benzene rings is 1. The van der Waals surface area contributed by atoms with E-state index in [-0.39, 0.29) is 18.4 Å². The number of para-hydroxylation sites is 1. The van der Waals surface area contributed by atoms with Crippen LogP contribution in [0.15, 0.2) is 36.7 Å². The summed E-state index contributed by atoms with van der Waals surface area (Å²) in [5.74, 6) is 1.31. The fourth-order valence-corrected chi connectivity index (χ4v) is 4.26. The van der Waals surface area contributed by atoms with Gasteiger partial charge in [-0.3, -0.25) is 9.36 Å². The first-order valence-corrected chi connectivity index (χ1v) is 11.3. The minimum atomic E-state index is -0.0594. The number of rotatable bonds is 8. The smallest absolute Gasteiger partial charge is 0.229 e. The van der Waals surface area contributed by atoms with E-state index in [2.05, 4.69) is 15.2 Å². The van der Waals surface area contributed by atoms with E-state index in [1.165, 1.54) is 0 Å². The van der Waals surface area contributed by atoms with Crippen LogP contribution in [0.3, 0.4) is 0 Å². The van der Waals surface area contributed by atoms with E-state index in [1.54, 1.807) is 6.33 Å². The summed E-state index contributed by atoms with van der Waals surface area (Å²) in [6.07, 6.45) is 3.54. The average Bonchev–Trinajstić information content (AvgIpc) is 3.28. The van der Waals surface area contributed by atoms with Gasteiger partial charge in [-0.2, -0.15) is 9.97 Å². The lowest BCUT2D eigenvalue weighted by Gasteiger charge is -2.34. The molecule has 32 heavy (non-hydrogen) atoms. The molecule has 9 nitrogen and oxygen atoms in total. The second-order valence-electron chi connectivity index (χ2n) is 7.94. The number of piperidine rings is 1. The lowest BCUT2D eigenvalue weighted by Crippen LogP contribution is -2.45. The SMILES string of the molecule is CCN(CC)C(=O)C1CCCN(c2nc(NCCO)c3ncn(-c4ccccc4)c3n2)C1. The van der Waals surface area contributed by atoms with Gasteiger partial charge in [-0.05, 0) is 38.8 Å². The molecule has 0 saturated carbocycles. The molecule has 1 amide bonds. The zero-order valence-corrected chi connectivity index (χ0v) is 18.7. The van der Waals surface area contributed by atoms with Crippen LogP contribution < -0.4 is 10.2 Å². The molecular weight excluding hydrogens is 406 g/mol. The summed E-state index contributed by atoms with van der Waals surface area (Å²) in [6.45, 7) is 7.23. The molecule has 2 aromatic heterocycles. The van der Waals surface area contributed by atoms with E-state index in [0.717, 1.165) is 38.2 Å². The molecule has 1 atom stereocenters. The van der Waals surface area contributed by atoms with Crippen molar-refractivity contribution in [3.05, 3.63) is 36.7 Å². The lowest BCUT2D eigenvalue weighted by molar-refractivity contribution is -0.135. The Kier molecular flexibility index (Phi) is 6.84. The van der Waals surface area contributed by atoms with Gasteiger partial charge in [-0.25, -0.2) is 4.98 Å². The van der Waals surface area contributed by atoms with Crippen LogP contribution in [-0.4, -0.2) is 74.8 Å².